The second-order valence-electron chi connectivity index (χ2n) is 5.14. The molecule has 1 aromatic heterocycles. The zero-order valence-corrected chi connectivity index (χ0v) is 13.3. The van der Waals surface area contributed by atoms with E-state index in [4.69, 9.17) is 16.3 Å². The summed E-state index contributed by atoms with van der Waals surface area (Å²) in [5.74, 6) is -1.45. The van der Waals surface area contributed by atoms with E-state index in [2.05, 4.69) is 9.97 Å². The zero-order chi connectivity index (χ0) is 17.3. The highest BCUT2D eigenvalue weighted by atomic mass is 35.5. The van der Waals surface area contributed by atoms with Crippen LogP contribution in [0.15, 0.2) is 47.3 Å². The number of halogens is 2. The maximum Gasteiger partial charge on any atom is 0.341 e. The highest BCUT2D eigenvalue weighted by Crippen LogP contribution is 2.20. The van der Waals surface area contributed by atoms with Gasteiger partial charge in [0, 0.05) is 5.02 Å². The van der Waals surface area contributed by atoms with Crippen molar-refractivity contribution in [2.45, 2.75) is 13.0 Å². The summed E-state index contributed by atoms with van der Waals surface area (Å²) in [6.07, 6.45) is -0.867. The van der Waals surface area contributed by atoms with Crippen molar-refractivity contribution >= 4 is 28.5 Å². The van der Waals surface area contributed by atoms with Crippen molar-refractivity contribution in [2.75, 3.05) is 0 Å². The van der Waals surface area contributed by atoms with Crippen LogP contribution in [0.25, 0.3) is 10.9 Å². The number of nitrogens with one attached hydrogen (secondary N) is 1. The Kier molecular flexibility index (Phi) is 4.31. The van der Waals surface area contributed by atoms with Crippen molar-refractivity contribution in [3.63, 3.8) is 0 Å². The summed E-state index contributed by atoms with van der Waals surface area (Å²) in [5, 5.41) is 0.647. The standard InChI is InChI=1S/C17H12ClFN2O3/c1-9(24-17(23)12-8-10(18)6-7-13(12)19)15-20-14-5-3-2-4-11(14)16(22)21-15/h2-9H,1H3,(H,20,21,22)/t9-/m1/s1. The van der Waals surface area contributed by atoms with Crippen molar-refractivity contribution in [1.82, 2.24) is 9.97 Å². The predicted molar refractivity (Wildman–Crippen MR) is 87.6 cm³/mol. The Morgan fingerprint density at radius 2 is 2.04 bits per heavy atom. The molecule has 7 heteroatoms. The lowest BCUT2D eigenvalue weighted by Gasteiger charge is -2.13. The van der Waals surface area contributed by atoms with Crippen LogP contribution in [-0.4, -0.2) is 15.9 Å². The lowest BCUT2D eigenvalue weighted by molar-refractivity contribution is 0.0314. The molecule has 0 saturated carbocycles. The topological polar surface area (TPSA) is 72.0 Å². The quantitative estimate of drug-likeness (QED) is 0.735. The number of aromatic amines is 1. The number of benzene rings is 2. The summed E-state index contributed by atoms with van der Waals surface area (Å²) in [6, 6.07) is 10.4. The molecule has 0 amide bonds. The van der Waals surface area contributed by atoms with Gasteiger partial charge in [-0.1, -0.05) is 23.7 Å². The van der Waals surface area contributed by atoms with Crippen molar-refractivity contribution in [2.24, 2.45) is 0 Å². The van der Waals surface area contributed by atoms with E-state index < -0.39 is 17.9 Å². The molecule has 2 aromatic carbocycles. The molecule has 0 aliphatic rings. The van der Waals surface area contributed by atoms with Crippen LogP contribution in [0, 0.1) is 5.82 Å². The minimum atomic E-state index is -0.890. The van der Waals surface area contributed by atoms with Crippen LogP contribution < -0.4 is 5.56 Å². The number of fused-ring (bicyclic) bond motifs is 1. The molecule has 5 nitrogen and oxygen atoms in total. The molecular weight excluding hydrogens is 335 g/mol. The number of rotatable bonds is 3. The Morgan fingerprint density at radius 1 is 1.29 bits per heavy atom. The SMILES string of the molecule is C[C@@H](OC(=O)c1cc(Cl)ccc1F)c1nc2ccccc2c(=O)[nH]1. The van der Waals surface area contributed by atoms with E-state index in [1.54, 1.807) is 24.3 Å². The summed E-state index contributed by atoms with van der Waals surface area (Å²) in [4.78, 5) is 31.0. The highest BCUT2D eigenvalue weighted by molar-refractivity contribution is 6.30. The third-order valence-corrected chi connectivity index (χ3v) is 3.68. The Bertz CT molecular complexity index is 987. The monoisotopic (exact) mass is 346 g/mol. The summed E-state index contributed by atoms with van der Waals surface area (Å²) in [7, 11) is 0. The molecule has 122 valence electrons. The van der Waals surface area contributed by atoms with Crippen molar-refractivity contribution in [3.05, 3.63) is 75.0 Å². The second kappa shape index (κ2) is 6.41. The van der Waals surface area contributed by atoms with Gasteiger partial charge in [-0.3, -0.25) is 4.79 Å². The minimum Gasteiger partial charge on any atom is -0.451 e. The molecule has 0 bridgehead atoms. The molecular formula is C17H12ClFN2O3. The Morgan fingerprint density at radius 3 is 2.83 bits per heavy atom. The number of hydrogen-bond acceptors (Lipinski definition) is 4. The van der Waals surface area contributed by atoms with Gasteiger partial charge in [0.15, 0.2) is 11.9 Å². The van der Waals surface area contributed by atoms with Gasteiger partial charge >= 0.3 is 5.97 Å². The number of ether oxygens (including phenoxy) is 1. The molecule has 3 rings (SSSR count). The lowest BCUT2D eigenvalue weighted by Crippen LogP contribution is -2.18. The molecule has 0 aliphatic heterocycles. The summed E-state index contributed by atoms with van der Waals surface area (Å²) in [5.41, 5.74) is -0.141. The van der Waals surface area contributed by atoms with E-state index in [0.29, 0.717) is 10.9 Å². The maximum atomic E-state index is 13.7. The molecule has 0 radical (unpaired) electrons. The molecule has 3 aromatic rings. The summed E-state index contributed by atoms with van der Waals surface area (Å²) >= 11 is 5.77. The lowest BCUT2D eigenvalue weighted by atomic mass is 10.2. The van der Waals surface area contributed by atoms with Gasteiger partial charge in [0.25, 0.3) is 5.56 Å². The fraction of sp³-hybridized carbons (Fsp3) is 0.118. The number of hydrogen-bond donors (Lipinski definition) is 1. The number of carbonyl (C=O) groups excluding carboxylic acids is 1. The Balaban J connectivity index is 1.89. The first kappa shape index (κ1) is 16.1. The average Bonchev–Trinajstić information content (AvgIpc) is 2.57. The maximum absolute atomic E-state index is 13.7. The van der Waals surface area contributed by atoms with Crippen molar-refractivity contribution < 1.29 is 13.9 Å². The fourth-order valence-electron chi connectivity index (χ4n) is 2.23. The summed E-state index contributed by atoms with van der Waals surface area (Å²) in [6.45, 7) is 1.54. The number of H-pyrrole nitrogens is 1. The van der Waals surface area contributed by atoms with Crippen molar-refractivity contribution in [1.29, 1.82) is 0 Å². The largest absolute Gasteiger partial charge is 0.451 e. The van der Waals surface area contributed by atoms with Gasteiger partial charge in [-0.15, -0.1) is 0 Å². The van der Waals surface area contributed by atoms with Crippen LogP contribution in [0.1, 0.15) is 29.2 Å². The first-order valence-corrected chi connectivity index (χ1v) is 7.48. The average molecular weight is 347 g/mol. The molecule has 1 atom stereocenters. The van der Waals surface area contributed by atoms with E-state index in [1.807, 2.05) is 0 Å². The number of aromatic nitrogens is 2. The molecule has 1 heterocycles. The Hall–Kier alpha value is -2.73. The zero-order valence-electron chi connectivity index (χ0n) is 12.5. The minimum absolute atomic E-state index is 0.175. The van der Waals surface area contributed by atoms with Gasteiger partial charge in [-0.2, -0.15) is 0 Å². The van der Waals surface area contributed by atoms with E-state index in [-0.39, 0.29) is 22.0 Å². The van der Waals surface area contributed by atoms with E-state index >= 15 is 0 Å². The molecule has 0 unspecified atom stereocenters. The van der Waals surface area contributed by atoms with Gasteiger partial charge in [0.1, 0.15) is 5.82 Å². The molecule has 0 fully saturated rings. The third kappa shape index (κ3) is 3.14. The van der Waals surface area contributed by atoms with E-state index in [9.17, 15) is 14.0 Å². The highest BCUT2D eigenvalue weighted by Gasteiger charge is 2.19. The van der Waals surface area contributed by atoms with Gasteiger partial charge in [-0.05, 0) is 37.3 Å². The van der Waals surface area contributed by atoms with Gasteiger partial charge in [0.05, 0.1) is 16.5 Å². The van der Waals surface area contributed by atoms with Crippen LogP contribution in [-0.2, 0) is 4.74 Å². The Labute approximate surface area is 141 Å². The molecule has 0 saturated heterocycles. The molecule has 1 N–H and O–H groups in total. The number of nitrogens with zero attached hydrogens (tertiary/aromatic N) is 1. The first-order valence-electron chi connectivity index (χ1n) is 7.10. The predicted octanol–water partition coefficient (Wildman–Crippen LogP) is 3.63. The van der Waals surface area contributed by atoms with Crippen LogP contribution in [0.2, 0.25) is 5.02 Å². The summed E-state index contributed by atoms with van der Waals surface area (Å²) < 4.78 is 18.9. The third-order valence-electron chi connectivity index (χ3n) is 3.45. The fourth-order valence-corrected chi connectivity index (χ4v) is 2.40. The van der Waals surface area contributed by atoms with Crippen molar-refractivity contribution in [3.8, 4) is 0 Å². The van der Waals surface area contributed by atoms with E-state index in [0.717, 1.165) is 6.07 Å². The van der Waals surface area contributed by atoms with Crippen LogP contribution >= 0.6 is 11.6 Å². The first-order chi connectivity index (χ1) is 11.5. The number of para-hydroxylation sites is 1. The normalized spacial score (nSPS) is 12.1. The van der Waals surface area contributed by atoms with E-state index in [1.165, 1.54) is 19.1 Å². The number of esters is 1. The van der Waals surface area contributed by atoms with Gasteiger partial charge < -0.3 is 9.72 Å². The second-order valence-corrected chi connectivity index (χ2v) is 5.58. The molecule has 0 spiro atoms. The smallest absolute Gasteiger partial charge is 0.341 e. The van der Waals surface area contributed by atoms with Gasteiger partial charge in [-0.25, -0.2) is 14.2 Å². The molecule has 0 aliphatic carbocycles. The van der Waals surface area contributed by atoms with Crippen LogP contribution in [0.3, 0.4) is 0 Å². The van der Waals surface area contributed by atoms with Crippen LogP contribution in [0.4, 0.5) is 4.39 Å². The number of carbonyl (C=O) groups is 1. The van der Waals surface area contributed by atoms with Crippen LogP contribution in [0.5, 0.6) is 0 Å². The van der Waals surface area contributed by atoms with Gasteiger partial charge in [0.2, 0.25) is 0 Å². The molecule has 24 heavy (non-hydrogen) atoms.